The molecule has 6 rings (SSSR count). The maximum Gasteiger partial charge on any atom is 0.200 e. The van der Waals surface area contributed by atoms with Crippen LogP contribution in [0.2, 0.25) is 0 Å². The van der Waals surface area contributed by atoms with Crippen LogP contribution in [0.25, 0.3) is 22.3 Å². The summed E-state index contributed by atoms with van der Waals surface area (Å²) in [6, 6.07) is 16.2. The number of hydrogen-bond donors (Lipinski definition) is 1. The van der Waals surface area contributed by atoms with Crippen LogP contribution >= 0.6 is 11.9 Å². The van der Waals surface area contributed by atoms with Crippen molar-refractivity contribution in [3.8, 4) is 22.8 Å². The van der Waals surface area contributed by atoms with Crippen molar-refractivity contribution in [2.45, 2.75) is 10.9 Å². The van der Waals surface area contributed by atoms with Gasteiger partial charge in [0.2, 0.25) is 5.82 Å². The minimum atomic E-state index is -2.19. The van der Waals surface area contributed by atoms with Crippen LogP contribution in [0, 0.1) is 29.1 Å². The largest absolute Gasteiger partial charge is 0.457 e. The van der Waals surface area contributed by atoms with Crippen LogP contribution < -0.4 is 10.5 Å². The molecule has 0 radical (unpaired) electrons. The highest BCUT2D eigenvalue weighted by Crippen LogP contribution is 2.40. The first-order valence-electron chi connectivity index (χ1n) is 11.6. The summed E-state index contributed by atoms with van der Waals surface area (Å²) in [5, 5.41) is 5.24. The van der Waals surface area contributed by atoms with Crippen LogP contribution in [0.15, 0.2) is 65.8 Å². The third-order valence-corrected chi connectivity index (χ3v) is 7.29. The first-order valence-corrected chi connectivity index (χ1v) is 12.4. The van der Waals surface area contributed by atoms with Crippen LogP contribution in [0.4, 0.5) is 27.8 Å². The van der Waals surface area contributed by atoms with Gasteiger partial charge in [-0.15, -0.1) is 0 Å². The van der Waals surface area contributed by atoms with Gasteiger partial charge in [-0.05, 0) is 48.3 Å². The Morgan fingerprint density at radius 2 is 1.41 bits per heavy atom. The molecule has 1 aliphatic heterocycles. The highest BCUT2D eigenvalue weighted by molar-refractivity contribution is 7.97. The number of ether oxygens (including phenoxy) is 1. The average molecular weight is 557 g/mol. The van der Waals surface area contributed by atoms with Gasteiger partial charge in [-0.3, -0.25) is 0 Å². The zero-order valence-electron chi connectivity index (χ0n) is 19.8. The van der Waals surface area contributed by atoms with Crippen LogP contribution in [0.3, 0.4) is 0 Å². The molecule has 0 atom stereocenters. The molecule has 1 fully saturated rings. The topological polar surface area (TPSA) is 82.1 Å². The van der Waals surface area contributed by atoms with E-state index in [4.69, 9.17) is 15.6 Å². The Hall–Kier alpha value is -4.23. The Labute approximate surface area is 222 Å². The first kappa shape index (κ1) is 25.1. The van der Waals surface area contributed by atoms with Gasteiger partial charge in [-0.2, -0.15) is 5.10 Å². The number of benzene rings is 3. The molecule has 0 amide bonds. The van der Waals surface area contributed by atoms with E-state index in [1.807, 2.05) is 42.5 Å². The molecule has 0 aliphatic carbocycles. The molecular weight excluding hydrogens is 539 g/mol. The summed E-state index contributed by atoms with van der Waals surface area (Å²) >= 11 is 0.457. The number of aromatic nitrogens is 4. The molecule has 39 heavy (non-hydrogen) atoms. The average Bonchev–Trinajstić information content (AvgIpc) is 3.31. The smallest absolute Gasteiger partial charge is 0.200 e. The molecule has 13 heteroatoms. The number of nitrogens with two attached hydrogens (primary N) is 1. The maximum atomic E-state index is 14.1. The summed E-state index contributed by atoms with van der Waals surface area (Å²) in [5.41, 5.74) is 7.88. The Kier molecular flexibility index (Phi) is 6.31. The van der Waals surface area contributed by atoms with E-state index in [0.717, 1.165) is 5.56 Å². The lowest BCUT2D eigenvalue weighted by atomic mass is 10.1. The number of rotatable bonds is 6. The van der Waals surface area contributed by atoms with Gasteiger partial charge in [-0.1, -0.05) is 18.2 Å². The monoisotopic (exact) mass is 556 g/mol. The third kappa shape index (κ3) is 4.42. The summed E-state index contributed by atoms with van der Waals surface area (Å²) in [4.78, 5) is 7.46. The minimum absolute atomic E-state index is 0.203. The summed E-state index contributed by atoms with van der Waals surface area (Å²) in [5.74, 6) is -8.36. The van der Waals surface area contributed by atoms with E-state index in [2.05, 4.69) is 9.97 Å². The second-order valence-corrected chi connectivity index (χ2v) is 9.79. The maximum absolute atomic E-state index is 14.1. The van der Waals surface area contributed by atoms with Gasteiger partial charge >= 0.3 is 0 Å². The predicted molar refractivity (Wildman–Crippen MR) is 134 cm³/mol. The lowest BCUT2D eigenvalue weighted by Crippen LogP contribution is -2.44. The molecule has 0 spiro atoms. The molecule has 2 aromatic heterocycles. The quantitative estimate of drug-likeness (QED) is 0.117. The first-order chi connectivity index (χ1) is 18.8. The molecule has 0 saturated carbocycles. The van der Waals surface area contributed by atoms with Crippen LogP contribution in [0.5, 0.6) is 11.5 Å². The van der Waals surface area contributed by atoms with E-state index < -0.39 is 34.0 Å². The fraction of sp³-hybridized carbons (Fsp3) is 0.115. The van der Waals surface area contributed by atoms with Crippen molar-refractivity contribution in [2.24, 2.45) is 0 Å². The number of nitrogen functional groups attached to an aromatic ring is 1. The summed E-state index contributed by atoms with van der Waals surface area (Å²) in [6.07, 6.45) is 1.30. The molecule has 1 aliphatic rings. The summed E-state index contributed by atoms with van der Waals surface area (Å²) in [7, 11) is 0. The standard InChI is InChI=1S/C26H17F5N6OS/c27-18-19(28)21(30)24(22(31)20(18)29)39-36-10-14(11-36)37-26-17(25(32)33-12-34-26)23(35-37)13-6-8-16(9-7-13)38-15-4-2-1-3-5-15/h1-9,12,14H,10-11H2,(H2,32,33,34). The predicted octanol–water partition coefficient (Wildman–Crippen LogP) is 6.13. The van der Waals surface area contributed by atoms with Crippen molar-refractivity contribution in [1.29, 1.82) is 0 Å². The second kappa shape index (κ2) is 9.82. The third-order valence-electron chi connectivity index (χ3n) is 6.19. The molecule has 198 valence electrons. The van der Waals surface area contributed by atoms with Crippen molar-refractivity contribution in [2.75, 3.05) is 18.8 Å². The highest BCUT2D eigenvalue weighted by Gasteiger charge is 2.35. The number of hydrogen-bond acceptors (Lipinski definition) is 7. The lowest BCUT2D eigenvalue weighted by molar-refractivity contribution is 0.211. The zero-order valence-corrected chi connectivity index (χ0v) is 20.6. The molecule has 3 aromatic carbocycles. The van der Waals surface area contributed by atoms with Gasteiger partial charge in [0.15, 0.2) is 28.9 Å². The van der Waals surface area contributed by atoms with E-state index in [-0.39, 0.29) is 24.9 Å². The molecule has 5 aromatic rings. The molecule has 0 unspecified atom stereocenters. The normalized spacial score (nSPS) is 14.1. The molecule has 7 nitrogen and oxygen atoms in total. The Balaban J connectivity index is 1.25. The number of halogens is 5. The van der Waals surface area contributed by atoms with E-state index in [1.165, 1.54) is 10.6 Å². The second-order valence-electron chi connectivity index (χ2n) is 8.68. The number of anilines is 1. The molecule has 2 N–H and O–H groups in total. The SMILES string of the molecule is Nc1ncnc2c1c(-c1ccc(Oc3ccccc3)cc1)nn2C1CN(Sc2c(F)c(F)c(F)c(F)c2F)C1. The van der Waals surface area contributed by atoms with E-state index in [9.17, 15) is 22.0 Å². The van der Waals surface area contributed by atoms with Crippen molar-refractivity contribution in [1.82, 2.24) is 24.1 Å². The number of fused-ring (bicyclic) bond motifs is 1. The highest BCUT2D eigenvalue weighted by atomic mass is 32.2. The van der Waals surface area contributed by atoms with Crippen molar-refractivity contribution in [3.63, 3.8) is 0 Å². The number of nitrogens with zero attached hydrogens (tertiary/aromatic N) is 5. The van der Waals surface area contributed by atoms with E-state index >= 15 is 0 Å². The van der Waals surface area contributed by atoms with Crippen molar-refractivity contribution < 1.29 is 26.7 Å². The fourth-order valence-corrected chi connectivity index (χ4v) is 5.29. The van der Waals surface area contributed by atoms with Crippen molar-refractivity contribution >= 4 is 28.8 Å². The Bertz CT molecular complexity index is 1660. The Morgan fingerprint density at radius 1 is 0.795 bits per heavy atom. The lowest BCUT2D eigenvalue weighted by Gasteiger charge is -2.38. The van der Waals surface area contributed by atoms with Gasteiger partial charge in [0.1, 0.15) is 34.2 Å². The molecular formula is C26H17F5N6OS. The van der Waals surface area contributed by atoms with Gasteiger partial charge in [0, 0.05) is 18.7 Å². The summed E-state index contributed by atoms with van der Waals surface area (Å²) < 4.78 is 77.7. The molecule has 1 saturated heterocycles. The van der Waals surface area contributed by atoms with Crippen LogP contribution in [-0.2, 0) is 0 Å². The van der Waals surface area contributed by atoms with Crippen molar-refractivity contribution in [3.05, 3.63) is 90.0 Å². The van der Waals surface area contributed by atoms with E-state index in [1.54, 1.807) is 16.8 Å². The Morgan fingerprint density at radius 3 is 2.08 bits per heavy atom. The van der Waals surface area contributed by atoms with E-state index in [0.29, 0.717) is 40.2 Å². The fourth-order valence-electron chi connectivity index (χ4n) is 4.20. The summed E-state index contributed by atoms with van der Waals surface area (Å²) in [6.45, 7) is 0.405. The van der Waals surface area contributed by atoms with Gasteiger partial charge in [-0.25, -0.2) is 40.9 Å². The molecule has 0 bridgehead atoms. The van der Waals surface area contributed by atoms with Crippen LogP contribution in [-0.4, -0.2) is 37.1 Å². The zero-order chi connectivity index (χ0) is 27.3. The molecule has 3 heterocycles. The van der Waals surface area contributed by atoms with Gasteiger partial charge < -0.3 is 10.5 Å². The van der Waals surface area contributed by atoms with Gasteiger partial charge in [0.05, 0.1) is 11.4 Å². The van der Waals surface area contributed by atoms with Gasteiger partial charge in [0.25, 0.3) is 0 Å². The van der Waals surface area contributed by atoms with Crippen LogP contribution in [0.1, 0.15) is 6.04 Å². The number of para-hydroxylation sites is 1. The minimum Gasteiger partial charge on any atom is -0.457 e.